The van der Waals surface area contributed by atoms with Crippen LogP contribution in [0.25, 0.3) is 16.7 Å². The molecule has 0 aliphatic carbocycles. The van der Waals surface area contributed by atoms with Crippen molar-refractivity contribution in [2.75, 3.05) is 0 Å². The molecule has 118 valence electrons. The van der Waals surface area contributed by atoms with Crippen LogP contribution < -0.4 is 11.3 Å². The Morgan fingerprint density at radius 1 is 1.26 bits per heavy atom. The summed E-state index contributed by atoms with van der Waals surface area (Å²) in [5.41, 5.74) is 7.29. The largest absolute Gasteiger partial charge is 0.368 e. The lowest BCUT2D eigenvalue weighted by molar-refractivity contribution is -0.118. The summed E-state index contributed by atoms with van der Waals surface area (Å²) in [4.78, 5) is 27.5. The van der Waals surface area contributed by atoms with Crippen molar-refractivity contribution in [3.63, 3.8) is 0 Å². The summed E-state index contributed by atoms with van der Waals surface area (Å²) in [6.07, 6.45) is 2.77. The van der Waals surface area contributed by atoms with Crippen molar-refractivity contribution < 1.29 is 4.79 Å². The highest BCUT2D eigenvalue weighted by Gasteiger charge is 2.12. The molecular formula is C16H17N5O2. The van der Waals surface area contributed by atoms with E-state index in [4.69, 9.17) is 5.73 Å². The van der Waals surface area contributed by atoms with Crippen LogP contribution in [0.5, 0.6) is 0 Å². The zero-order valence-electron chi connectivity index (χ0n) is 12.9. The molecule has 0 radical (unpaired) electrons. The van der Waals surface area contributed by atoms with Crippen LogP contribution in [0.3, 0.4) is 0 Å². The Morgan fingerprint density at radius 2 is 1.96 bits per heavy atom. The molecule has 0 fully saturated rings. The normalized spacial score (nSPS) is 11.3. The molecule has 7 heteroatoms. The molecule has 0 aliphatic rings. The number of aromatic nitrogens is 4. The first-order valence-electron chi connectivity index (χ1n) is 7.29. The Balaban J connectivity index is 2.08. The van der Waals surface area contributed by atoms with Crippen LogP contribution in [0.2, 0.25) is 0 Å². The predicted molar refractivity (Wildman–Crippen MR) is 86.4 cm³/mol. The molecular weight excluding hydrogens is 294 g/mol. The minimum Gasteiger partial charge on any atom is -0.368 e. The molecule has 0 spiro atoms. The van der Waals surface area contributed by atoms with Crippen LogP contribution in [-0.2, 0) is 11.3 Å². The van der Waals surface area contributed by atoms with Crippen molar-refractivity contribution in [1.29, 1.82) is 0 Å². The van der Waals surface area contributed by atoms with E-state index in [1.54, 1.807) is 4.68 Å². The first kappa shape index (κ1) is 15.0. The summed E-state index contributed by atoms with van der Waals surface area (Å²) in [5, 5.41) is 4.59. The zero-order valence-corrected chi connectivity index (χ0v) is 12.9. The minimum absolute atomic E-state index is 0.198. The van der Waals surface area contributed by atoms with E-state index in [-0.39, 0.29) is 12.1 Å². The van der Waals surface area contributed by atoms with Gasteiger partial charge in [0.1, 0.15) is 18.3 Å². The van der Waals surface area contributed by atoms with Crippen molar-refractivity contribution in [2.45, 2.75) is 26.3 Å². The standard InChI is InChI=1S/C16H17N5O2/c1-10(2)11-3-5-12(6-4-11)21-15-13(7-19-21)16(23)20(9-18-15)8-14(17)22/h3-7,9-10H,8H2,1-2H3,(H2,17,22). The van der Waals surface area contributed by atoms with Crippen LogP contribution in [0.1, 0.15) is 25.3 Å². The van der Waals surface area contributed by atoms with Gasteiger partial charge >= 0.3 is 0 Å². The molecule has 7 nitrogen and oxygen atoms in total. The maximum absolute atomic E-state index is 12.3. The number of rotatable bonds is 4. The van der Waals surface area contributed by atoms with Crippen molar-refractivity contribution in [3.05, 3.63) is 52.7 Å². The lowest BCUT2D eigenvalue weighted by atomic mass is 10.0. The second kappa shape index (κ2) is 5.68. The topological polar surface area (TPSA) is 95.8 Å². The number of hydrogen-bond acceptors (Lipinski definition) is 4. The van der Waals surface area contributed by atoms with Gasteiger partial charge in [-0.05, 0) is 23.6 Å². The number of nitrogens with two attached hydrogens (primary N) is 1. The van der Waals surface area contributed by atoms with E-state index in [0.29, 0.717) is 17.0 Å². The molecule has 3 rings (SSSR count). The number of amides is 1. The van der Waals surface area contributed by atoms with Gasteiger partial charge in [0.05, 0.1) is 11.9 Å². The van der Waals surface area contributed by atoms with Crippen LogP contribution in [-0.4, -0.2) is 25.2 Å². The zero-order chi connectivity index (χ0) is 16.6. The quantitative estimate of drug-likeness (QED) is 0.783. The first-order chi connectivity index (χ1) is 11.0. The van der Waals surface area contributed by atoms with Crippen molar-refractivity contribution in [3.8, 4) is 5.69 Å². The maximum atomic E-state index is 12.3. The van der Waals surface area contributed by atoms with E-state index < -0.39 is 5.91 Å². The third-order valence-corrected chi connectivity index (χ3v) is 3.69. The predicted octanol–water partition coefficient (Wildman–Crippen LogP) is 1.19. The summed E-state index contributed by atoms with van der Waals surface area (Å²) in [7, 11) is 0. The van der Waals surface area contributed by atoms with Crippen molar-refractivity contribution in [2.24, 2.45) is 5.73 Å². The maximum Gasteiger partial charge on any atom is 0.264 e. The lowest BCUT2D eigenvalue weighted by Crippen LogP contribution is -2.28. The summed E-state index contributed by atoms with van der Waals surface area (Å²) in [6, 6.07) is 7.94. The SMILES string of the molecule is CC(C)c1ccc(-n2ncc3c(=O)n(CC(N)=O)cnc32)cc1. The van der Waals surface area contributed by atoms with Crippen LogP contribution in [0.15, 0.2) is 41.6 Å². The Kier molecular flexibility index (Phi) is 3.69. The highest BCUT2D eigenvalue weighted by Crippen LogP contribution is 2.18. The molecule has 3 aromatic rings. The number of hydrogen-bond donors (Lipinski definition) is 1. The molecule has 1 aromatic carbocycles. The average molecular weight is 311 g/mol. The number of primary amides is 1. The molecule has 0 bridgehead atoms. The van der Waals surface area contributed by atoms with E-state index in [9.17, 15) is 9.59 Å². The second-order valence-corrected chi connectivity index (χ2v) is 5.68. The summed E-state index contributed by atoms with van der Waals surface area (Å²) < 4.78 is 2.79. The Hall–Kier alpha value is -2.96. The molecule has 0 aliphatic heterocycles. The number of nitrogens with zero attached hydrogens (tertiary/aromatic N) is 4. The number of fused-ring (bicyclic) bond motifs is 1. The first-order valence-corrected chi connectivity index (χ1v) is 7.29. The molecule has 1 amide bonds. The molecule has 0 saturated heterocycles. The highest BCUT2D eigenvalue weighted by atomic mass is 16.2. The van der Waals surface area contributed by atoms with Crippen molar-refractivity contribution in [1.82, 2.24) is 19.3 Å². The lowest BCUT2D eigenvalue weighted by Gasteiger charge is -2.08. The average Bonchev–Trinajstić information content (AvgIpc) is 2.94. The fourth-order valence-corrected chi connectivity index (χ4v) is 2.42. The van der Waals surface area contributed by atoms with Gasteiger partial charge in [-0.25, -0.2) is 9.67 Å². The van der Waals surface area contributed by atoms with Gasteiger partial charge < -0.3 is 5.73 Å². The van der Waals surface area contributed by atoms with Gasteiger partial charge in [-0.15, -0.1) is 0 Å². The van der Waals surface area contributed by atoms with E-state index in [0.717, 1.165) is 5.69 Å². The van der Waals surface area contributed by atoms with Crippen molar-refractivity contribution >= 4 is 16.9 Å². The van der Waals surface area contributed by atoms with Gasteiger partial charge in [0.2, 0.25) is 5.91 Å². The van der Waals surface area contributed by atoms with E-state index in [1.165, 1.54) is 22.7 Å². The summed E-state index contributed by atoms with van der Waals surface area (Å²) >= 11 is 0. The minimum atomic E-state index is -0.593. The van der Waals surface area contributed by atoms with Gasteiger partial charge in [0, 0.05) is 0 Å². The second-order valence-electron chi connectivity index (χ2n) is 5.68. The smallest absolute Gasteiger partial charge is 0.264 e. The molecule has 2 heterocycles. The van der Waals surface area contributed by atoms with Gasteiger partial charge in [0.15, 0.2) is 5.65 Å². The number of carbonyl (C=O) groups excluding carboxylic acids is 1. The Labute approximate surface area is 132 Å². The highest BCUT2D eigenvalue weighted by molar-refractivity contribution is 5.76. The van der Waals surface area contributed by atoms with Gasteiger partial charge in [0.25, 0.3) is 5.56 Å². The molecule has 0 atom stereocenters. The van der Waals surface area contributed by atoms with Gasteiger partial charge in [-0.3, -0.25) is 14.2 Å². The molecule has 0 saturated carbocycles. The summed E-state index contributed by atoms with van der Waals surface area (Å²) in [6.45, 7) is 4.05. The molecule has 2 aromatic heterocycles. The van der Waals surface area contributed by atoms with E-state index >= 15 is 0 Å². The fourth-order valence-electron chi connectivity index (χ4n) is 2.42. The monoisotopic (exact) mass is 311 g/mol. The Morgan fingerprint density at radius 3 is 2.57 bits per heavy atom. The van der Waals surface area contributed by atoms with E-state index in [2.05, 4.69) is 23.9 Å². The summed E-state index contributed by atoms with van der Waals surface area (Å²) in [5.74, 6) is -0.151. The number of benzene rings is 1. The fraction of sp³-hybridized carbons (Fsp3) is 0.250. The van der Waals surface area contributed by atoms with Crippen LogP contribution >= 0.6 is 0 Å². The van der Waals surface area contributed by atoms with Gasteiger partial charge in [-0.2, -0.15) is 5.10 Å². The van der Waals surface area contributed by atoms with Gasteiger partial charge in [-0.1, -0.05) is 26.0 Å². The molecule has 2 N–H and O–H groups in total. The molecule has 23 heavy (non-hydrogen) atoms. The molecule has 0 unspecified atom stereocenters. The van der Waals surface area contributed by atoms with Crippen LogP contribution in [0.4, 0.5) is 0 Å². The Bertz CT molecular complexity index is 922. The third kappa shape index (κ3) is 2.73. The van der Waals surface area contributed by atoms with Crippen LogP contribution in [0, 0.1) is 0 Å². The third-order valence-electron chi connectivity index (χ3n) is 3.69. The number of carbonyl (C=O) groups is 1. The van der Waals surface area contributed by atoms with E-state index in [1.807, 2.05) is 24.3 Å².